The first-order valence-electron chi connectivity index (χ1n) is 6.55. The fourth-order valence-corrected chi connectivity index (χ4v) is 4.09. The molecule has 7 heteroatoms. The molecule has 5 nitrogen and oxygen atoms in total. The molecule has 1 unspecified atom stereocenters. The van der Waals surface area contributed by atoms with E-state index in [9.17, 15) is 13.5 Å². The first-order valence-corrected chi connectivity index (χ1v) is 8.83. The van der Waals surface area contributed by atoms with Crippen LogP contribution < -0.4 is 4.72 Å². The summed E-state index contributed by atoms with van der Waals surface area (Å²) in [6.07, 6.45) is 0.483. The minimum absolute atomic E-state index is 0.279. The zero-order valence-corrected chi connectivity index (χ0v) is 13.7. The summed E-state index contributed by atoms with van der Waals surface area (Å²) < 4.78 is 27.9. The fraction of sp³-hybridized carbons (Fsp3) is 0.538. The van der Waals surface area contributed by atoms with E-state index in [-0.39, 0.29) is 6.10 Å². The van der Waals surface area contributed by atoms with E-state index in [1.807, 2.05) is 6.07 Å². The van der Waals surface area contributed by atoms with Crippen molar-refractivity contribution in [3.63, 3.8) is 0 Å². The summed E-state index contributed by atoms with van der Waals surface area (Å²) in [7, 11) is -3.49. The highest BCUT2D eigenvalue weighted by Crippen LogP contribution is 2.22. The van der Waals surface area contributed by atoms with Gasteiger partial charge in [-0.25, -0.2) is 13.1 Å². The zero-order chi connectivity index (χ0) is 14.8. The maximum absolute atomic E-state index is 12.2. The lowest BCUT2D eigenvalue weighted by Gasteiger charge is -2.16. The molecule has 1 aromatic carbocycles. The van der Waals surface area contributed by atoms with Gasteiger partial charge in [-0.2, -0.15) is 0 Å². The molecule has 0 bridgehead atoms. The summed E-state index contributed by atoms with van der Waals surface area (Å²) >= 11 is 3.34. The van der Waals surface area contributed by atoms with Crippen LogP contribution in [0.15, 0.2) is 27.6 Å². The van der Waals surface area contributed by atoms with Gasteiger partial charge in [0.2, 0.25) is 10.0 Å². The smallest absolute Gasteiger partial charge is 0.240 e. The lowest BCUT2D eigenvalue weighted by molar-refractivity contribution is 0.177. The van der Waals surface area contributed by atoms with Crippen molar-refractivity contribution in [2.45, 2.75) is 24.3 Å². The van der Waals surface area contributed by atoms with Gasteiger partial charge in [-0.15, -0.1) is 0 Å². The quantitative estimate of drug-likeness (QED) is 0.822. The molecule has 2 rings (SSSR count). The van der Waals surface area contributed by atoms with E-state index in [0.717, 1.165) is 17.4 Å². The number of β-amino-alcohol motifs (C(OH)–C–C–N with tert-alkyl or cyclic N) is 1. The lowest BCUT2D eigenvalue weighted by atomic mass is 10.2. The van der Waals surface area contributed by atoms with Crippen molar-refractivity contribution in [3.05, 3.63) is 28.2 Å². The van der Waals surface area contributed by atoms with Gasteiger partial charge in [0.1, 0.15) is 0 Å². The van der Waals surface area contributed by atoms with Crippen LogP contribution in [-0.2, 0) is 10.0 Å². The fourth-order valence-electron chi connectivity index (χ4n) is 2.31. The molecule has 0 aliphatic carbocycles. The topological polar surface area (TPSA) is 69.6 Å². The Bertz CT molecular complexity index is 577. The third-order valence-corrected chi connectivity index (χ3v) is 5.94. The maximum Gasteiger partial charge on any atom is 0.240 e. The summed E-state index contributed by atoms with van der Waals surface area (Å²) in [4.78, 5) is 2.36. The average Bonchev–Trinajstić information content (AvgIpc) is 2.78. The standard InChI is InChI=1S/C13H19BrN2O3S/c1-10-12(14)3-2-4-13(10)20(18,19)15-6-8-16-7-5-11(17)9-16/h2-4,11,15,17H,5-9H2,1H3. The number of hydrogen-bond donors (Lipinski definition) is 2. The van der Waals surface area contributed by atoms with E-state index < -0.39 is 10.0 Å². The van der Waals surface area contributed by atoms with Crippen LogP contribution in [-0.4, -0.2) is 50.7 Å². The molecule has 0 saturated carbocycles. The molecule has 1 aromatic rings. The van der Waals surface area contributed by atoms with Gasteiger partial charge in [0.05, 0.1) is 11.0 Å². The number of sulfonamides is 1. The van der Waals surface area contributed by atoms with Gasteiger partial charge < -0.3 is 5.11 Å². The molecule has 1 heterocycles. The number of nitrogens with zero attached hydrogens (tertiary/aromatic N) is 1. The summed E-state index contributed by atoms with van der Waals surface area (Å²) in [5.41, 5.74) is 0.705. The Morgan fingerprint density at radius 2 is 2.25 bits per heavy atom. The molecular weight excluding hydrogens is 344 g/mol. The first-order chi connectivity index (χ1) is 9.40. The molecule has 0 radical (unpaired) electrons. The number of likely N-dealkylation sites (tertiary alicyclic amines) is 1. The number of hydrogen-bond acceptors (Lipinski definition) is 4. The van der Waals surface area contributed by atoms with Crippen LogP contribution in [0.2, 0.25) is 0 Å². The molecule has 1 saturated heterocycles. The number of nitrogens with one attached hydrogen (secondary N) is 1. The highest BCUT2D eigenvalue weighted by Gasteiger charge is 2.21. The van der Waals surface area contributed by atoms with Crippen LogP contribution in [0.1, 0.15) is 12.0 Å². The highest BCUT2D eigenvalue weighted by molar-refractivity contribution is 9.10. The molecule has 1 atom stereocenters. The molecule has 2 N–H and O–H groups in total. The Kier molecular flexibility index (Phi) is 5.19. The number of rotatable bonds is 5. The van der Waals surface area contributed by atoms with Gasteiger partial charge in [-0.05, 0) is 31.0 Å². The Morgan fingerprint density at radius 1 is 1.50 bits per heavy atom. The van der Waals surface area contributed by atoms with Gasteiger partial charge in [0.25, 0.3) is 0 Å². The van der Waals surface area contributed by atoms with Crippen LogP contribution in [0.5, 0.6) is 0 Å². The SMILES string of the molecule is Cc1c(Br)cccc1S(=O)(=O)NCCN1CCC(O)C1. The van der Waals surface area contributed by atoms with Crippen molar-refractivity contribution in [1.82, 2.24) is 9.62 Å². The third kappa shape index (κ3) is 3.79. The molecule has 112 valence electrons. The second-order valence-electron chi connectivity index (χ2n) is 5.00. The van der Waals surface area contributed by atoms with Crippen LogP contribution in [0.4, 0.5) is 0 Å². The van der Waals surface area contributed by atoms with Crippen molar-refractivity contribution < 1.29 is 13.5 Å². The summed E-state index contributed by atoms with van der Waals surface area (Å²) in [5, 5.41) is 9.42. The number of aliphatic hydroxyl groups is 1. The van der Waals surface area contributed by atoms with Crippen molar-refractivity contribution in [3.8, 4) is 0 Å². The van der Waals surface area contributed by atoms with E-state index in [2.05, 4.69) is 25.6 Å². The summed E-state index contributed by atoms with van der Waals surface area (Å²) in [5.74, 6) is 0. The van der Waals surface area contributed by atoms with Crippen LogP contribution >= 0.6 is 15.9 Å². The van der Waals surface area contributed by atoms with E-state index in [1.54, 1.807) is 19.1 Å². The maximum atomic E-state index is 12.2. The van der Waals surface area contributed by atoms with E-state index in [0.29, 0.717) is 30.1 Å². The average molecular weight is 363 g/mol. The zero-order valence-electron chi connectivity index (χ0n) is 11.3. The minimum atomic E-state index is -3.49. The monoisotopic (exact) mass is 362 g/mol. The van der Waals surface area contributed by atoms with Crippen molar-refractivity contribution in [2.24, 2.45) is 0 Å². The molecule has 0 amide bonds. The van der Waals surface area contributed by atoms with Crippen molar-refractivity contribution >= 4 is 26.0 Å². The van der Waals surface area contributed by atoms with E-state index in [4.69, 9.17) is 0 Å². The molecule has 0 aromatic heterocycles. The van der Waals surface area contributed by atoms with Crippen LogP contribution in [0.3, 0.4) is 0 Å². The Balaban J connectivity index is 1.96. The summed E-state index contributed by atoms with van der Waals surface area (Å²) in [6.45, 7) is 4.18. The molecule has 1 aliphatic rings. The molecule has 20 heavy (non-hydrogen) atoms. The van der Waals surface area contributed by atoms with Crippen molar-refractivity contribution in [2.75, 3.05) is 26.2 Å². The molecule has 1 fully saturated rings. The molecule has 1 aliphatic heterocycles. The Hall–Kier alpha value is -0.470. The Morgan fingerprint density at radius 3 is 2.90 bits per heavy atom. The second-order valence-corrected chi connectivity index (χ2v) is 7.59. The van der Waals surface area contributed by atoms with Gasteiger partial charge in [-0.3, -0.25) is 4.90 Å². The molecule has 0 spiro atoms. The van der Waals surface area contributed by atoms with Gasteiger partial charge in [-0.1, -0.05) is 22.0 Å². The van der Waals surface area contributed by atoms with Crippen LogP contribution in [0.25, 0.3) is 0 Å². The first kappa shape index (κ1) is 15.9. The third-order valence-electron chi connectivity index (χ3n) is 3.48. The summed E-state index contributed by atoms with van der Waals surface area (Å²) in [6, 6.07) is 5.13. The van der Waals surface area contributed by atoms with E-state index in [1.165, 1.54) is 0 Å². The lowest BCUT2D eigenvalue weighted by Crippen LogP contribution is -2.34. The Labute approximate surface area is 128 Å². The number of halogens is 1. The minimum Gasteiger partial charge on any atom is -0.392 e. The van der Waals surface area contributed by atoms with Gasteiger partial charge in [0.15, 0.2) is 0 Å². The number of aliphatic hydroxyl groups excluding tert-OH is 1. The van der Waals surface area contributed by atoms with Gasteiger partial charge in [0, 0.05) is 30.7 Å². The normalized spacial score (nSPS) is 20.4. The predicted molar refractivity (Wildman–Crippen MR) is 81.1 cm³/mol. The van der Waals surface area contributed by atoms with Gasteiger partial charge >= 0.3 is 0 Å². The second kappa shape index (κ2) is 6.53. The van der Waals surface area contributed by atoms with Crippen molar-refractivity contribution in [1.29, 1.82) is 0 Å². The predicted octanol–water partition coefficient (Wildman–Crippen LogP) is 1.10. The largest absolute Gasteiger partial charge is 0.392 e. The number of benzene rings is 1. The molecular formula is C13H19BrN2O3S. The van der Waals surface area contributed by atoms with E-state index >= 15 is 0 Å². The highest BCUT2D eigenvalue weighted by atomic mass is 79.9. The van der Waals surface area contributed by atoms with Crippen LogP contribution in [0, 0.1) is 6.92 Å².